The first-order valence-electron chi connectivity index (χ1n) is 13.1. The van der Waals surface area contributed by atoms with Crippen molar-refractivity contribution >= 4 is 17.6 Å². The number of nitrogens with zero attached hydrogens (tertiary/aromatic N) is 7. The smallest absolute Gasteiger partial charge is 0.356 e. The lowest BCUT2D eigenvalue weighted by atomic mass is 10.1. The molecule has 0 spiro atoms. The van der Waals surface area contributed by atoms with E-state index < -0.39 is 11.8 Å². The Morgan fingerprint density at radius 1 is 1.18 bits per heavy atom. The highest BCUT2D eigenvalue weighted by molar-refractivity contribution is 5.85. The van der Waals surface area contributed by atoms with Gasteiger partial charge in [-0.1, -0.05) is 12.1 Å². The topological polar surface area (TPSA) is 121 Å². The average Bonchev–Trinajstić information content (AvgIpc) is 3.49. The Labute approximate surface area is 229 Å². The van der Waals surface area contributed by atoms with Crippen LogP contribution < -0.4 is 9.64 Å². The molecule has 1 aromatic carbocycles. The van der Waals surface area contributed by atoms with Crippen molar-refractivity contribution in [3.8, 4) is 11.9 Å². The maximum Gasteiger partial charge on any atom is 0.356 e. The molecule has 1 atom stereocenters. The zero-order valence-corrected chi connectivity index (χ0v) is 21.7. The second-order valence-electron chi connectivity index (χ2n) is 9.95. The number of carboxylic acid groups (broad SMARTS) is 1. The van der Waals surface area contributed by atoms with E-state index in [0.717, 1.165) is 50.7 Å². The van der Waals surface area contributed by atoms with Gasteiger partial charge in [0.15, 0.2) is 5.69 Å². The summed E-state index contributed by atoms with van der Waals surface area (Å²) in [7, 11) is 0. The Morgan fingerprint density at radius 2 is 2.00 bits per heavy atom. The molecule has 11 nitrogen and oxygen atoms in total. The van der Waals surface area contributed by atoms with E-state index in [1.807, 2.05) is 24.4 Å². The fourth-order valence-electron chi connectivity index (χ4n) is 5.01. The molecule has 40 heavy (non-hydrogen) atoms. The summed E-state index contributed by atoms with van der Waals surface area (Å²) in [5.74, 6) is 0.292. The number of nitriles is 1. The van der Waals surface area contributed by atoms with Gasteiger partial charge in [-0.15, -0.1) is 0 Å². The lowest BCUT2D eigenvalue weighted by Crippen LogP contribution is -2.46. The number of pyridine rings is 1. The summed E-state index contributed by atoms with van der Waals surface area (Å²) in [6.45, 7) is 5.30. The van der Waals surface area contributed by atoms with Gasteiger partial charge < -0.3 is 24.0 Å². The molecule has 0 radical (unpaired) electrons. The van der Waals surface area contributed by atoms with Crippen LogP contribution in [0.15, 0.2) is 48.8 Å². The van der Waals surface area contributed by atoms with Crippen molar-refractivity contribution in [1.29, 1.82) is 5.26 Å². The molecule has 0 aliphatic carbocycles. The predicted molar refractivity (Wildman–Crippen MR) is 142 cm³/mol. The third-order valence-electron chi connectivity index (χ3n) is 7.34. The maximum atomic E-state index is 14.2. The number of carboxylic acids is 1. The number of anilines is 1. The molecular weight excluding hydrogens is 517 g/mol. The van der Waals surface area contributed by atoms with Gasteiger partial charge in [-0.05, 0) is 24.6 Å². The number of piperazine rings is 1. The number of halogens is 1. The van der Waals surface area contributed by atoms with Gasteiger partial charge in [0.1, 0.15) is 18.2 Å². The molecule has 2 fully saturated rings. The van der Waals surface area contributed by atoms with Crippen LogP contribution in [0.25, 0.3) is 5.78 Å². The van der Waals surface area contributed by atoms with Crippen molar-refractivity contribution in [3.63, 3.8) is 0 Å². The third-order valence-corrected chi connectivity index (χ3v) is 7.34. The van der Waals surface area contributed by atoms with Gasteiger partial charge in [-0.25, -0.2) is 14.2 Å². The van der Waals surface area contributed by atoms with Crippen molar-refractivity contribution in [2.24, 2.45) is 0 Å². The van der Waals surface area contributed by atoms with Gasteiger partial charge in [0.05, 0.1) is 30.0 Å². The minimum atomic E-state index is -1.04. The highest BCUT2D eigenvalue weighted by atomic mass is 19.1. The molecule has 2 saturated heterocycles. The minimum Gasteiger partial charge on any atom is -0.476 e. The number of aromatic carboxylic acids is 1. The van der Waals surface area contributed by atoms with Gasteiger partial charge in [0.2, 0.25) is 11.7 Å². The van der Waals surface area contributed by atoms with Crippen LogP contribution in [0, 0.1) is 17.1 Å². The molecule has 206 valence electrons. The number of hydrogen-bond donors (Lipinski definition) is 1. The fourth-order valence-corrected chi connectivity index (χ4v) is 5.01. The van der Waals surface area contributed by atoms with E-state index in [9.17, 15) is 14.3 Å². The normalized spacial score (nSPS) is 17.5. The van der Waals surface area contributed by atoms with Crippen LogP contribution in [-0.4, -0.2) is 73.8 Å². The first-order chi connectivity index (χ1) is 19.5. The van der Waals surface area contributed by atoms with Gasteiger partial charge in [-0.2, -0.15) is 10.2 Å². The average molecular weight is 546 g/mol. The number of aromatic nitrogens is 4. The Hall–Kier alpha value is -4.47. The van der Waals surface area contributed by atoms with Crippen LogP contribution >= 0.6 is 0 Å². The van der Waals surface area contributed by atoms with Gasteiger partial charge in [0.25, 0.3) is 0 Å². The molecule has 12 heteroatoms. The van der Waals surface area contributed by atoms with E-state index in [1.165, 1.54) is 6.07 Å². The van der Waals surface area contributed by atoms with Crippen molar-refractivity contribution in [2.45, 2.75) is 32.2 Å². The van der Waals surface area contributed by atoms with Crippen molar-refractivity contribution in [1.82, 2.24) is 23.8 Å². The second kappa shape index (κ2) is 11.0. The SMILES string of the molecule is N#Cc1ccc(COc2cccc(N3CCN(Cc4cn5cc(C(=O)O)nc5n4CC4CCO4)CC3)n2)c(F)c1. The summed E-state index contributed by atoms with van der Waals surface area (Å²) in [4.78, 5) is 24.9. The lowest BCUT2D eigenvalue weighted by molar-refractivity contribution is -0.0592. The molecule has 0 saturated carbocycles. The van der Waals surface area contributed by atoms with Crippen molar-refractivity contribution in [2.75, 3.05) is 37.7 Å². The number of hydrogen-bond acceptors (Lipinski definition) is 8. The second-order valence-corrected chi connectivity index (χ2v) is 9.95. The highest BCUT2D eigenvalue weighted by Crippen LogP contribution is 2.23. The number of ether oxygens (including phenoxy) is 2. The summed E-state index contributed by atoms with van der Waals surface area (Å²) in [6, 6.07) is 11.8. The molecule has 1 unspecified atom stereocenters. The van der Waals surface area contributed by atoms with E-state index in [1.54, 1.807) is 28.8 Å². The number of benzene rings is 1. The van der Waals surface area contributed by atoms with Crippen molar-refractivity contribution in [3.05, 3.63) is 77.1 Å². The first-order valence-corrected chi connectivity index (χ1v) is 13.1. The van der Waals surface area contributed by atoms with Crippen LogP contribution in [0.2, 0.25) is 0 Å². The van der Waals surface area contributed by atoms with Crippen molar-refractivity contribution < 1.29 is 23.8 Å². The van der Waals surface area contributed by atoms with Gasteiger partial charge in [-0.3, -0.25) is 9.30 Å². The van der Waals surface area contributed by atoms with Gasteiger partial charge >= 0.3 is 5.97 Å². The number of rotatable bonds is 9. The molecule has 2 aliphatic rings. The largest absolute Gasteiger partial charge is 0.476 e. The van der Waals surface area contributed by atoms with E-state index in [0.29, 0.717) is 30.3 Å². The third kappa shape index (κ3) is 5.34. The quantitative estimate of drug-likeness (QED) is 0.338. The molecule has 3 aromatic heterocycles. The van der Waals surface area contributed by atoms with E-state index >= 15 is 0 Å². The maximum absolute atomic E-state index is 14.2. The van der Waals surface area contributed by atoms with Gasteiger partial charge in [0, 0.05) is 63.4 Å². The van der Waals surface area contributed by atoms with Crippen LogP contribution in [0.1, 0.15) is 33.7 Å². The summed E-state index contributed by atoms with van der Waals surface area (Å²) in [5, 5.41) is 18.3. The summed E-state index contributed by atoms with van der Waals surface area (Å²) in [6.07, 6.45) is 4.60. The number of carbonyl (C=O) groups is 1. The summed E-state index contributed by atoms with van der Waals surface area (Å²) in [5.41, 5.74) is 1.72. The molecule has 1 N–H and O–H groups in total. The molecule has 5 heterocycles. The zero-order chi connectivity index (χ0) is 27.6. The Bertz CT molecular complexity index is 1580. The molecule has 4 aromatic rings. The van der Waals surface area contributed by atoms with E-state index in [-0.39, 0.29) is 24.0 Å². The van der Waals surface area contributed by atoms with Crippen LogP contribution in [0.3, 0.4) is 0 Å². The number of fused-ring (bicyclic) bond motifs is 1. The Kier molecular flexibility index (Phi) is 7.06. The molecule has 2 aliphatic heterocycles. The lowest BCUT2D eigenvalue weighted by Gasteiger charge is -2.35. The summed E-state index contributed by atoms with van der Waals surface area (Å²) >= 11 is 0. The Morgan fingerprint density at radius 3 is 2.70 bits per heavy atom. The molecule has 6 rings (SSSR count). The first kappa shape index (κ1) is 25.8. The molecular formula is C28H28FN7O4. The zero-order valence-electron chi connectivity index (χ0n) is 21.7. The van der Waals surface area contributed by atoms with E-state index in [4.69, 9.17) is 14.7 Å². The van der Waals surface area contributed by atoms with E-state index in [2.05, 4.69) is 24.3 Å². The summed E-state index contributed by atoms with van der Waals surface area (Å²) < 4.78 is 29.5. The number of imidazole rings is 2. The van der Waals surface area contributed by atoms with Crippen LogP contribution in [-0.2, 0) is 24.4 Å². The highest BCUT2D eigenvalue weighted by Gasteiger charge is 2.25. The standard InChI is InChI=1S/C28H28FN7O4/c29-23-12-19(13-30)4-5-20(23)18-40-26-3-1-2-25(32-26)34-9-7-33(8-10-34)14-21-15-35-17-24(27(37)38)31-28(35)36(21)16-22-6-11-39-22/h1-5,12,15,17,22H,6-11,14,16,18H2,(H,37,38). The molecule has 0 amide bonds. The predicted octanol–water partition coefficient (Wildman–Crippen LogP) is 2.93. The monoisotopic (exact) mass is 545 g/mol. The Balaban J connectivity index is 1.08. The fraction of sp³-hybridized carbons (Fsp3) is 0.357. The van der Waals surface area contributed by atoms with Crippen LogP contribution in [0.5, 0.6) is 5.88 Å². The molecule has 0 bridgehead atoms. The van der Waals surface area contributed by atoms with Crippen LogP contribution in [0.4, 0.5) is 10.2 Å². The minimum absolute atomic E-state index is 0.0186.